The topological polar surface area (TPSA) is 55.1 Å². The lowest BCUT2D eigenvalue weighted by Gasteiger charge is -2.23. The van der Waals surface area contributed by atoms with Crippen LogP contribution in [0.15, 0.2) is 51.7 Å². The molecule has 1 saturated heterocycles. The smallest absolute Gasteiger partial charge is 0.346 e. The van der Waals surface area contributed by atoms with Crippen molar-refractivity contribution < 1.29 is 4.42 Å². The van der Waals surface area contributed by atoms with Gasteiger partial charge in [-0.3, -0.25) is 0 Å². The Morgan fingerprint density at radius 3 is 2.75 bits per heavy atom. The lowest BCUT2D eigenvalue weighted by atomic mass is 9.90. The van der Waals surface area contributed by atoms with Crippen molar-refractivity contribution in [2.24, 2.45) is 0 Å². The van der Waals surface area contributed by atoms with Gasteiger partial charge in [0.2, 0.25) is 0 Å². The number of halogens is 2. The first-order valence-corrected chi connectivity index (χ1v) is 10.2. The number of nitrogens with zero attached hydrogens (tertiary/aromatic N) is 1. The number of benzene rings is 2. The molecule has 0 atom stereocenters. The molecule has 1 fully saturated rings. The predicted molar refractivity (Wildman–Crippen MR) is 118 cm³/mol. The van der Waals surface area contributed by atoms with Crippen LogP contribution in [0.5, 0.6) is 0 Å². The summed E-state index contributed by atoms with van der Waals surface area (Å²) in [5.74, 6) is 0.520. The second-order valence-electron chi connectivity index (χ2n) is 6.87. The van der Waals surface area contributed by atoms with Crippen LogP contribution in [0.1, 0.15) is 24.3 Å². The van der Waals surface area contributed by atoms with Crippen LogP contribution in [-0.4, -0.2) is 18.1 Å². The van der Waals surface area contributed by atoms with Gasteiger partial charge in [0.1, 0.15) is 16.1 Å². The molecule has 2 aromatic heterocycles. The first-order chi connectivity index (χ1) is 13.2. The minimum atomic E-state index is -0.361. The second kappa shape index (κ2) is 7.84. The molecule has 3 heterocycles. The molecule has 0 spiro atoms. The summed E-state index contributed by atoms with van der Waals surface area (Å²) in [6, 6.07) is 13.7. The maximum Gasteiger partial charge on any atom is 0.346 e. The van der Waals surface area contributed by atoms with E-state index in [1.54, 1.807) is 6.07 Å². The number of rotatable bonds is 2. The van der Waals surface area contributed by atoms with Crippen LogP contribution in [0.4, 0.5) is 0 Å². The molecule has 0 saturated carbocycles. The lowest BCUT2D eigenvalue weighted by molar-refractivity contribution is 0.460. The number of hydrogen-bond donors (Lipinski definition) is 1. The third-order valence-corrected chi connectivity index (χ3v) is 6.53. The zero-order chi connectivity index (χ0) is 18.4. The van der Waals surface area contributed by atoms with E-state index in [0.717, 1.165) is 41.5 Å². The Balaban J connectivity index is 0.00000192. The number of para-hydroxylation sites is 1. The van der Waals surface area contributed by atoms with E-state index >= 15 is 0 Å². The summed E-state index contributed by atoms with van der Waals surface area (Å²) in [5.41, 5.74) is 2.72. The summed E-state index contributed by atoms with van der Waals surface area (Å²) in [7, 11) is 0. The molecule has 4 nitrogen and oxygen atoms in total. The number of hydrogen-bond acceptors (Lipinski definition) is 5. The highest BCUT2D eigenvalue weighted by atomic mass is 35.5. The van der Waals surface area contributed by atoms with Crippen LogP contribution in [0.25, 0.3) is 31.8 Å². The SMILES string of the molecule is Cl.O=c1oc2cc(C3CCNCC3)ccc2cc1-c1nc2c(Cl)cccc2s1. The summed E-state index contributed by atoms with van der Waals surface area (Å²) in [6.07, 6.45) is 2.22. The van der Waals surface area contributed by atoms with Gasteiger partial charge in [-0.05, 0) is 61.7 Å². The monoisotopic (exact) mass is 432 g/mol. The number of thiazole rings is 1. The van der Waals surface area contributed by atoms with Gasteiger partial charge in [-0.1, -0.05) is 29.8 Å². The van der Waals surface area contributed by atoms with Crippen molar-refractivity contribution in [1.29, 1.82) is 0 Å². The van der Waals surface area contributed by atoms with Gasteiger partial charge in [0.15, 0.2) is 0 Å². The molecule has 0 bridgehead atoms. The second-order valence-corrected chi connectivity index (χ2v) is 8.31. The van der Waals surface area contributed by atoms with Crippen molar-refractivity contribution in [3.05, 3.63) is 63.5 Å². The Kier molecular flexibility index (Phi) is 5.43. The lowest BCUT2D eigenvalue weighted by Crippen LogP contribution is -2.26. The van der Waals surface area contributed by atoms with Crippen molar-refractivity contribution in [3.63, 3.8) is 0 Å². The zero-order valence-electron chi connectivity index (χ0n) is 14.9. The van der Waals surface area contributed by atoms with Crippen LogP contribution < -0.4 is 10.9 Å². The molecule has 0 unspecified atom stereocenters. The predicted octanol–water partition coefficient (Wildman–Crippen LogP) is 5.61. The summed E-state index contributed by atoms with van der Waals surface area (Å²) < 4.78 is 6.62. The van der Waals surface area contributed by atoms with E-state index in [1.807, 2.05) is 30.3 Å². The third-order valence-electron chi connectivity index (χ3n) is 5.17. The van der Waals surface area contributed by atoms with Gasteiger partial charge >= 0.3 is 5.63 Å². The van der Waals surface area contributed by atoms with Gasteiger partial charge in [0.25, 0.3) is 0 Å². The Morgan fingerprint density at radius 1 is 1.14 bits per heavy atom. The molecule has 5 rings (SSSR count). The van der Waals surface area contributed by atoms with E-state index in [-0.39, 0.29) is 18.0 Å². The standard InChI is InChI=1S/C21H17ClN2O2S.ClH/c22-16-2-1-3-18-19(16)24-20(27-18)15-10-14-5-4-13(11-17(14)26-21(15)25)12-6-8-23-9-7-12;/h1-5,10-12,23H,6-9H2;1H. The Bertz CT molecular complexity index is 1210. The van der Waals surface area contributed by atoms with Crippen LogP contribution in [0.3, 0.4) is 0 Å². The first kappa shape index (κ1) is 19.4. The zero-order valence-corrected chi connectivity index (χ0v) is 17.3. The molecular weight excluding hydrogens is 415 g/mol. The maximum atomic E-state index is 12.6. The average Bonchev–Trinajstić information content (AvgIpc) is 3.13. The summed E-state index contributed by atoms with van der Waals surface area (Å²) in [5, 5.41) is 5.52. The van der Waals surface area contributed by atoms with Crippen molar-refractivity contribution in [2.45, 2.75) is 18.8 Å². The molecular formula is C21H18Cl2N2O2S. The van der Waals surface area contributed by atoms with Crippen molar-refractivity contribution in [3.8, 4) is 10.6 Å². The normalized spacial score (nSPS) is 15.0. The molecule has 144 valence electrons. The van der Waals surface area contributed by atoms with E-state index in [0.29, 0.717) is 27.1 Å². The number of nitrogens with one attached hydrogen (secondary N) is 1. The number of aromatic nitrogens is 1. The molecule has 28 heavy (non-hydrogen) atoms. The largest absolute Gasteiger partial charge is 0.422 e. The van der Waals surface area contributed by atoms with E-state index in [2.05, 4.69) is 16.4 Å². The molecule has 7 heteroatoms. The highest BCUT2D eigenvalue weighted by Gasteiger charge is 2.18. The number of piperidine rings is 1. The number of fused-ring (bicyclic) bond motifs is 2. The van der Waals surface area contributed by atoms with Gasteiger partial charge in [0, 0.05) is 5.39 Å². The summed E-state index contributed by atoms with van der Waals surface area (Å²) >= 11 is 7.67. The minimum absolute atomic E-state index is 0. The van der Waals surface area contributed by atoms with E-state index < -0.39 is 0 Å². The van der Waals surface area contributed by atoms with Crippen molar-refractivity contribution >= 4 is 56.5 Å². The molecule has 0 amide bonds. The fourth-order valence-electron chi connectivity index (χ4n) is 3.72. The van der Waals surface area contributed by atoms with Crippen molar-refractivity contribution in [1.82, 2.24) is 10.3 Å². The molecule has 1 aliphatic heterocycles. The Labute approximate surface area is 177 Å². The van der Waals surface area contributed by atoms with E-state index in [9.17, 15) is 4.79 Å². The van der Waals surface area contributed by atoms with Gasteiger partial charge in [-0.15, -0.1) is 23.7 Å². The molecule has 1 N–H and O–H groups in total. The summed E-state index contributed by atoms with van der Waals surface area (Å²) in [4.78, 5) is 17.2. The fourth-order valence-corrected chi connectivity index (χ4v) is 4.99. The van der Waals surface area contributed by atoms with Crippen LogP contribution in [0.2, 0.25) is 5.02 Å². The van der Waals surface area contributed by atoms with Gasteiger partial charge in [-0.25, -0.2) is 9.78 Å². The molecule has 4 aromatic rings. The third kappa shape index (κ3) is 3.44. The minimum Gasteiger partial charge on any atom is -0.422 e. The van der Waals surface area contributed by atoms with Crippen LogP contribution in [0, 0.1) is 0 Å². The Hall–Kier alpha value is -1.92. The summed E-state index contributed by atoms with van der Waals surface area (Å²) in [6.45, 7) is 2.07. The quantitative estimate of drug-likeness (QED) is 0.418. The van der Waals surface area contributed by atoms with Gasteiger partial charge in [-0.2, -0.15) is 0 Å². The van der Waals surface area contributed by atoms with E-state index in [1.165, 1.54) is 16.9 Å². The average molecular weight is 433 g/mol. The molecule has 2 aromatic carbocycles. The Morgan fingerprint density at radius 2 is 1.96 bits per heavy atom. The highest BCUT2D eigenvalue weighted by Crippen LogP contribution is 2.34. The fraction of sp³-hybridized carbons (Fsp3) is 0.238. The van der Waals surface area contributed by atoms with Crippen LogP contribution in [-0.2, 0) is 0 Å². The molecule has 0 aliphatic carbocycles. The molecule has 1 aliphatic rings. The van der Waals surface area contributed by atoms with Crippen molar-refractivity contribution in [2.75, 3.05) is 13.1 Å². The highest BCUT2D eigenvalue weighted by molar-refractivity contribution is 7.21. The van der Waals surface area contributed by atoms with Crippen LogP contribution >= 0.6 is 35.3 Å². The van der Waals surface area contributed by atoms with Gasteiger partial charge in [0.05, 0.1) is 15.3 Å². The maximum absolute atomic E-state index is 12.6. The van der Waals surface area contributed by atoms with E-state index in [4.69, 9.17) is 16.0 Å². The first-order valence-electron chi connectivity index (χ1n) is 9.03. The van der Waals surface area contributed by atoms with Gasteiger partial charge < -0.3 is 9.73 Å². The molecule has 0 radical (unpaired) electrons.